The summed E-state index contributed by atoms with van der Waals surface area (Å²) in [7, 11) is 0. The third-order valence-electron chi connectivity index (χ3n) is 3.81. The lowest BCUT2D eigenvalue weighted by Gasteiger charge is -2.25. The number of rotatable bonds is 3. The smallest absolute Gasteiger partial charge is 0.319 e. The van der Waals surface area contributed by atoms with E-state index in [9.17, 15) is 9.59 Å². The molecule has 2 N–H and O–H groups in total. The number of nitrogens with one attached hydrogen (secondary N) is 2. The van der Waals surface area contributed by atoms with Crippen LogP contribution in [0.3, 0.4) is 0 Å². The average Bonchev–Trinajstić information content (AvgIpc) is 2.74. The number of amides is 3. The van der Waals surface area contributed by atoms with E-state index in [1.165, 1.54) is 0 Å². The summed E-state index contributed by atoms with van der Waals surface area (Å²) in [6, 6.07) is 6.49. The fourth-order valence-electron chi connectivity index (χ4n) is 2.92. The zero-order valence-corrected chi connectivity index (χ0v) is 13.3. The van der Waals surface area contributed by atoms with Crippen LogP contribution in [0.1, 0.15) is 25.5 Å². The van der Waals surface area contributed by atoms with Crippen LogP contribution in [0.4, 0.5) is 4.79 Å². The van der Waals surface area contributed by atoms with Crippen LogP contribution in [0.2, 0.25) is 5.02 Å². The van der Waals surface area contributed by atoms with E-state index in [1.807, 2.05) is 12.1 Å². The number of hydrogen-bond donors (Lipinski definition) is 2. The van der Waals surface area contributed by atoms with Crippen molar-refractivity contribution in [2.24, 2.45) is 5.92 Å². The lowest BCUT2D eigenvalue weighted by molar-refractivity contribution is -0.126. The van der Waals surface area contributed by atoms with Crippen LogP contribution in [0, 0.1) is 5.92 Å². The van der Waals surface area contributed by atoms with Gasteiger partial charge in [0.1, 0.15) is 0 Å². The monoisotopic (exact) mass is 319 g/mol. The molecule has 0 radical (unpaired) electrons. The highest BCUT2D eigenvalue weighted by Gasteiger charge is 2.40. The summed E-state index contributed by atoms with van der Waals surface area (Å²) in [6.45, 7) is 5.27. The SMILES string of the molecule is CC(C)CN1CC2=C(C1=O)[C@@H](c1ccc(Cl)cc1)NC(=O)N2. The van der Waals surface area contributed by atoms with Gasteiger partial charge in [-0.15, -0.1) is 0 Å². The summed E-state index contributed by atoms with van der Waals surface area (Å²) in [5.41, 5.74) is 2.18. The summed E-state index contributed by atoms with van der Waals surface area (Å²) in [5.74, 6) is 0.360. The highest BCUT2D eigenvalue weighted by Crippen LogP contribution is 2.33. The van der Waals surface area contributed by atoms with Crippen molar-refractivity contribution in [2.45, 2.75) is 19.9 Å². The highest BCUT2D eigenvalue weighted by atomic mass is 35.5. The summed E-state index contributed by atoms with van der Waals surface area (Å²) in [6.07, 6.45) is 0. The molecule has 116 valence electrons. The molecule has 0 unspecified atom stereocenters. The third kappa shape index (κ3) is 2.68. The standard InChI is InChI=1S/C16H18ClN3O2/c1-9(2)7-20-8-12-13(15(20)21)14(19-16(22)18-12)10-3-5-11(17)6-4-10/h3-6,9,14H,7-8H2,1-2H3,(H2,18,19,22)/t14-/m1/s1. The molecule has 1 atom stereocenters. The Morgan fingerprint density at radius 1 is 1.27 bits per heavy atom. The summed E-state index contributed by atoms with van der Waals surface area (Å²) in [5, 5.41) is 6.22. The Kier molecular flexibility index (Phi) is 3.83. The van der Waals surface area contributed by atoms with E-state index in [0.29, 0.717) is 35.3 Å². The molecule has 1 aromatic carbocycles. The van der Waals surface area contributed by atoms with Gasteiger partial charge in [-0.25, -0.2) is 4.79 Å². The average molecular weight is 320 g/mol. The molecule has 0 saturated carbocycles. The van der Waals surface area contributed by atoms with Crippen LogP contribution in [-0.4, -0.2) is 29.9 Å². The van der Waals surface area contributed by atoms with Gasteiger partial charge in [-0.2, -0.15) is 0 Å². The van der Waals surface area contributed by atoms with Crippen molar-refractivity contribution in [1.82, 2.24) is 15.5 Å². The molecular weight excluding hydrogens is 302 g/mol. The first-order valence-corrected chi connectivity index (χ1v) is 7.69. The summed E-state index contributed by atoms with van der Waals surface area (Å²) in [4.78, 5) is 26.3. The quantitative estimate of drug-likeness (QED) is 0.899. The predicted octanol–water partition coefficient (Wildman–Crippen LogP) is 2.45. The molecule has 3 rings (SSSR count). The van der Waals surface area contributed by atoms with Crippen LogP contribution in [-0.2, 0) is 4.79 Å². The summed E-state index contributed by atoms with van der Waals surface area (Å²) >= 11 is 5.91. The van der Waals surface area contributed by atoms with Gasteiger partial charge in [-0.1, -0.05) is 37.6 Å². The Morgan fingerprint density at radius 2 is 1.95 bits per heavy atom. The maximum atomic E-state index is 12.7. The summed E-state index contributed by atoms with van der Waals surface area (Å²) < 4.78 is 0. The lowest BCUT2D eigenvalue weighted by Crippen LogP contribution is -2.44. The number of nitrogens with zero attached hydrogens (tertiary/aromatic N) is 1. The van der Waals surface area contributed by atoms with Gasteiger partial charge in [0.25, 0.3) is 5.91 Å². The van der Waals surface area contributed by atoms with Crippen LogP contribution in [0.25, 0.3) is 0 Å². The van der Waals surface area contributed by atoms with Gasteiger partial charge in [-0.3, -0.25) is 4.79 Å². The number of carbonyl (C=O) groups excluding carboxylic acids is 2. The fourth-order valence-corrected chi connectivity index (χ4v) is 3.05. The number of carbonyl (C=O) groups is 2. The minimum atomic E-state index is -0.425. The molecule has 0 spiro atoms. The first kappa shape index (κ1) is 14.9. The predicted molar refractivity (Wildman–Crippen MR) is 84.3 cm³/mol. The van der Waals surface area contributed by atoms with Gasteiger partial charge in [-0.05, 0) is 23.6 Å². The second-order valence-corrected chi connectivity index (χ2v) is 6.49. The lowest BCUT2D eigenvalue weighted by atomic mass is 9.96. The molecule has 0 fully saturated rings. The van der Waals surface area contributed by atoms with Gasteiger partial charge in [0.05, 0.1) is 23.9 Å². The first-order chi connectivity index (χ1) is 10.5. The molecule has 1 aromatic rings. The Labute approximate surface area is 134 Å². The van der Waals surface area contributed by atoms with E-state index in [1.54, 1.807) is 17.0 Å². The molecule has 0 bridgehead atoms. The topological polar surface area (TPSA) is 61.4 Å². The van der Waals surface area contributed by atoms with E-state index in [0.717, 1.165) is 5.56 Å². The molecule has 2 aliphatic rings. The molecule has 3 amide bonds. The Balaban J connectivity index is 1.94. The maximum absolute atomic E-state index is 12.7. The number of urea groups is 1. The number of halogens is 1. The van der Waals surface area contributed by atoms with E-state index < -0.39 is 6.04 Å². The normalized spacial score (nSPS) is 21.1. The minimum absolute atomic E-state index is 0.0175. The zero-order chi connectivity index (χ0) is 15.9. The largest absolute Gasteiger partial charge is 0.333 e. The molecule has 0 aliphatic carbocycles. The first-order valence-electron chi connectivity index (χ1n) is 7.31. The second-order valence-electron chi connectivity index (χ2n) is 6.05. The molecule has 2 aliphatic heterocycles. The minimum Gasteiger partial charge on any atom is -0.333 e. The van der Waals surface area contributed by atoms with Gasteiger partial charge in [0.15, 0.2) is 0 Å². The Bertz CT molecular complexity index is 652. The van der Waals surface area contributed by atoms with Crippen LogP contribution < -0.4 is 10.6 Å². The van der Waals surface area contributed by atoms with E-state index in [4.69, 9.17) is 11.6 Å². The molecular formula is C16H18ClN3O2. The van der Waals surface area contributed by atoms with Crippen molar-refractivity contribution >= 4 is 23.5 Å². The molecule has 6 heteroatoms. The maximum Gasteiger partial charge on any atom is 0.319 e. The van der Waals surface area contributed by atoms with Gasteiger partial charge in [0, 0.05) is 11.6 Å². The van der Waals surface area contributed by atoms with Crippen molar-refractivity contribution in [1.29, 1.82) is 0 Å². The van der Waals surface area contributed by atoms with Crippen LogP contribution in [0.15, 0.2) is 35.5 Å². The Hall–Kier alpha value is -2.01. The zero-order valence-electron chi connectivity index (χ0n) is 12.5. The third-order valence-corrected chi connectivity index (χ3v) is 4.06. The fraction of sp³-hybridized carbons (Fsp3) is 0.375. The van der Waals surface area contributed by atoms with E-state index in [2.05, 4.69) is 24.5 Å². The molecule has 0 saturated heterocycles. The number of hydrogen-bond acceptors (Lipinski definition) is 2. The van der Waals surface area contributed by atoms with Crippen molar-refractivity contribution in [3.63, 3.8) is 0 Å². The highest BCUT2D eigenvalue weighted by molar-refractivity contribution is 6.30. The molecule has 0 aromatic heterocycles. The van der Waals surface area contributed by atoms with Crippen molar-refractivity contribution in [2.75, 3.05) is 13.1 Å². The van der Waals surface area contributed by atoms with Crippen LogP contribution >= 0.6 is 11.6 Å². The van der Waals surface area contributed by atoms with Crippen molar-refractivity contribution in [3.8, 4) is 0 Å². The Morgan fingerprint density at radius 3 is 2.59 bits per heavy atom. The molecule has 2 heterocycles. The van der Waals surface area contributed by atoms with Crippen LogP contribution in [0.5, 0.6) is 0 Å². The molecule has 5 nitrogen and oxygen atoms in total. The van der Waals surface area contributed by atoms with Crippen molar-refractivity contribution in [3.05, 3.63) is 46.1 Å². The van der Waals surface area contributed by atoms with Gasteiger partial charge in [0.2, 0.25) is 0 Å². The number of benzene rings is 1. The van der Waals surface area contributed by atoms with E-state index in [-0.39, 0.29) is 11.9 Å². The van der Waals surface area contributed by atoms with Gasteiger partial charge < -0.3 is 15.5 Å². The molecule has 22 heavy (non-hydrogen) atoms. The second kappa shape index (κ2) is 5.65. The van der Waals surface area contributed by atoms with Crippen molar-refractivity contribution < 1.29 is 9.59 Å². The van der Waals surface area contributed by atoms with E-state index >= 15 is 0 Å². The van der Waals surface area contributed by atoms with Gasteiger partial charge >= 0.3 is 6.03 Å².